The molecule has 0 saturated heterocycles. The molecule has 4 heteroatoms. The van der Waals surface area contributed by atoms with Crippen molar-refractivity contribution in [1.29, 1.82) is 0 Å². The Balaban J connectivity index is 0.000000161. The molecule has 5 aromatic carbocycles. The van der Waals surface area contributed by atoms with Gasteiger partial charge in [0, 0.05) is 37.9 Å². The number of hydrogen-bond donors (Lipinski definition) is 0. The molecule has 0 aliphatic rings. The summed E-state index contributed by atoms with van der Waals surface area (Å²) in [6.07, 6.45) is 3.64. The normalized spacial score (nSPS) is 10.5. The zero-order chi connectivity index (χ0) is 28.8. The van der Waals surface area contributed by atoms with Gasteiger partial charge in [-0.3, -0.25) is 0 Å². The molecule has 0 aliphatic heterocycles. The van der Waals surface area contributed by atoms with Crippen LogP contribution in [-0.2, 0) is 20.1 Å². The number of para-hydroxylation sites is 1. The van der Waals surface area contributed by atoms with Crippen LogP contribution in [-0.4, -0.2) is 9.97 Å². The van der Waals surface area contributed by atoms with Crippen LogP contribution >= 0.6 is 0 Å². The Morgan fingerprint density at radius 1 is 0.477 bits per heavy atom. The van der Waals surface area contributed by atoms with Gasteiger partial charge in [0.1, 0.15) is 5.58 Å². The van der Waals surface area contributed by atoms with Crippen LogP contribution < -0.4 is 0 Å². The fourth-order valence-corrected chi connectivity index (χ4v) is 5.20. The first-order valence-electron chi connectivity index (χ1n) is 14.2. The monoisotopic (exact) mass is 743 g/mol. The summed E-state index contributed by atoms with van der Waals surface area (Å²) in [6, 6.07) is 55.5. The Morgan fingerprint density at radius 2 is 1.14 bits per heavy atom. The molecule has 8 aromatic rings. The van der Waals surface area contributed by atoms with Crippen LogP contribution in [0.5, 0.6) is 0 Å². The molecule has 0 spiro atoms. The van der Waals surface area contributed by atoms with Crippen LogP contribution in [0, 0.1) is 12.1 Å². The van der Waals surface area contributed by atoms with Crippen molar-refractivity contribution in [2.75, 3.05) is 0 Å². The molecule has 8 rings (SSSR count). The molecule has 3 nitrogen and oxygen atoms in total. The summed E-state index contributed by atoms with van der Waals surface area (Å²) in [7, 11) is 0. The van der Waals surface area contributed by atoms with E-state index in [0.717, 1.165) is 50.0 Å². The minimum Gasteiger partial charge on any atom is -0.501 e. The maximum Gasteiger partial charge on any atom is 0.120 e. The number of hydrogen-bond acceptors (Lipinski definition) is 3. The van der Waals surface area contributed by atoms with E-state index in [-0.39, 0.29) is 20.1 Å². The van der Waals surface area contributed by atoms with Crippen molar-refractivity contribution in [2.45, 2.75) is 0 Å². The van der Waals surface area contributed by atoms with Crippen molar-refractivity contribution < 1.29 is 24.5 Å². The van der Waals surface area contributed by atoms with E-state index in [9.17, 15) is 0 Å². The summed E-state index contributed by atoms with van der Waals surface area (Å²) in [4.78, 5) is 8.92. The SMILES string of the molecule is [Ir].[c-]1ccc(-c2ccccc2)cc1-c1ccccn1.[c-]1ccc2c(oc3ccccc32)c1-c1cc(-c2ccccc2)ccn1. The third-order valence-electron chi connectivity index (χ3n) is 7.31. The topological polar surface area (TPSA) is 38.9 Å². The van der Waals surface area contributed by atoms with Gasteiger partial charge in [-0.1, -0.05) is 108 Å². The fourth-order valence-electron chi connectivity index (χ4n) is 5.20. The van der Waals surface area contributed by atoms with Gasteiger partial charge in [0.05, 0.1) is 5.58 Å². The van der Waals surface area contributed by atoms with E-state index in [0.29, 0.717) is 0 Å². The Hall–Kier alpha value is -5.15. The molecule has 0 atom stereocenters. The second kappa shape index (κ2) is 13.4. The number of furan rings is 1. The van der Waals surface area contributed by atoms with Gasteiger partial charge in [-0.05, 0) is 46.3 Å². The average molecular weight is 743 g/mol. The van der Waals surface area contributed by atoms with Crippen LogP contribution in [0.1, 0.15) is 0 Å². The van der Waals surface area contributed by atoms with Crippen molar-refractivity contribution in [3.05, 3.63) is 170 Å². The smallest absolute Gasteiger partial charge is 0.120 e. The minimum absolute atomic E-state index is 0. The molecule has 3 heterocycles. The summed E-state index contributed by atoms with van der Waals surface area (Å²) >= 11 is 0. The number of nitrogens with zero attached hydrogens (tertiary/aromatic N) is 2. The van der Waals surface area contributed by atoms with E-state index in [4.69, 9.17) is 4.42 Å². The summed E-state index contributed by atoms with van der Waals surface area (Å²) in [5.41, 5.74) is 10.2. The molecule has 0 bridgehead atoms. The molecular weight excluding hydrogens is 717 g/mol. The molecule has 0 unspecified atom stereocenters. The summed E-state index contributed by atoms with van der Waals surface area (Å²) in [5.74, 6) is 0. The molecule has 0 fully saturated rings. The third kappa shape index (κ3) is 6.14. The molecule has 0 saturated carbocycles. The predicted octanol–water partition coefficient (Wildman–Crippen LogP) is 10.3. The molecule has 1 radical (unpaired) electrons. The Labute approximate surface area is 270 Å². The van der Waals surface area contributed by atoms with Gasteiger partial charge < -0.3 is 14.4 Å². The van der Waals surface area contributed by atoms with Gasteiger partial charge in [-0.2, -0.15) is 0 Å². The van der Waals surface area contributed by atoms with Gasteiger partial charge in [0.15, 0.2) is 0 Å². The summed E-state index contributed by atoms with van der Waals surface area (Å²) < 4.78 is 6.11. The van der Waals surface area contributed by atoms with Crippen molar-refractivity contribution in [3.63, 3.8) is 0 Å². The first kappa shape index (κ1) is 28.9. The van der Waals surface area contributed by atoms with Gasteiger partial charge in [0.25, 0.3) is 0 Å². The van der Waals surface area contributed by atoms with E-state index in [1.165, 1.54) is 16.7 Å². The van der Waals surface area contributed by atoms with E-state index >= 15 is 0 Å². The quantitative estimate of drug-likeness (QED) is 0.169. The van der Waals surface area contributed by atoms with Gasteiger partial charge in [-0.15, -0.1) is 53.6 Å². The second-order valence-corrected chi connectivity index (χ2v) is 10.1. The second-order valence-electron chi connectivity index (χ2n) is 10.1. The molecule has 3 aromatic heterocycles. The first-order chi connectivity index (χ1) is 21.3. The molecule has 0 aliphatic carbocycles. The van der Waals surface area contributed by atoms with Crippen molar-refractivity contribution >= 4 is 21.9 Å². The molecule has 44 heavy (non-hydrogen) atoms. The molecule has 0 amide bonds. The Kier molecular flexibility index (Phi) is 8.84. The standard InChI is InChI=1S/C23H14NO.C17H12N.Ir/c1-2-7-16(8-3-1)17-13-14-24-21(15-17)20-11-6-10-19-18-9-4-5-12-22(18)25-23(19)20;1-2-7-14(8-3-1)15-9-6-10-16(13-15)17-11-4-5-12-18-17;/h1-10,12-15H;1-9,11-13H;/q2*-1;. The molecule has 213 valence electrons. The zero-order valence-electron chi connectivity index (χ0n) is 23.6. The Morgan fingerprint density at radius 3 is 1.89 bits per heavy atom. The van der Waals surface area contributed by atoms with Crippen LogP contribution in [0.2, 0.25) is 0 Å². The van der Waals surface area contributed by atoms with Gasteiger partial charge in [-0.25, -0.2) is 0 Å². The average Bonchev–Trinajstić information content (AvgIpc) is 3.49. The number of fused-ring (bicyclic) bond motifs is 3. The van der Waals surface area contributed by atoms with Crippen LogP contribution in [0.4, 0.5) is 0 Å². The van der Waals surface area contributed by atoms with E-state index in [1.807, 2.05) is 103 Å². The fraction of sp³-hybridized carbons (Fsp3) is 0. The summed E-state index contributed by atoms with van der Waals surface area (Å²) in [6.45, 7) is 0. The first-order valence-corrected chi connectivity index (χ1v) is 14.2. The maximum atomic E-state index is 6.11. The third-order valence-corrected chi connectivity index (χ3v) is 7.31. The predicted molar refractivity (Wildman–Crippen MR) is 175 cm³/mol. The largest absolute Gasteiger partial charge is 0.501 e. The van der Waals surface area contributed by atoms with Crippen LogP contribution in [0.15, 0.2) is 162 Å². The van der Waals surface area contributed by atoms with Crippen molar-refractivity contribution in [1.82, 2.24) is 9.97 Å². The number of pyridine rings is 2. The van der Waals surface area contributed by atoms with E-state index in [1.54, 1.807) is 6.20 Å². The van der Waals surface area contributed by atoms with Crippen LogP contribution in [0.25, 0.3) is 66.7 Å². The number of benzene rings is 5. The molecule has 0 N–H and O–H groups in total. The number of rotatable bonds is 4. The Bertz CT molecular complexity index is 2070. The molecular formula is C40H26IrN2O-2. The van der Waals surface area contributed by atoms with Gasteiger partial charge in [0.2, 0.25) is 0 Å². The van der Waals surface area contributed by atoms with Crippen molar-refractivity contribution in [2.24, 2.45) is 0 Å². The zero-order valence-corrected chi connectivity index (χ0v) is 26.0. The van der Waals surface area contributed by atoms with Crippen molar-refractivity contribution in [3.8, 4) is 44.8 Å². The van der Waals surface area contributed by atoms with Gasteiger partial charge >= 0.3 is 0 Å². The maximum absolute atomic E-state index is 6.11. The minimum atomic E-state index is 0. The van der Waals surface area contributed by atoms with Crippen LogP contribution in [0.3, 0.4) is 0 Å². The number of aromatic nitrogens is 2. The van der Waals surface area contributed by atoms with E-state index < -0.39 is 0 Å². The summed E-state index contributed by atoms with van der Waals surface area (Å²) in [5, 5.41) is 2.21. The van der Waals surface area contributed by atoms with E-state index in [2.05, 4.69) is 70.6 Å².